The van der Waals surface area contributed by atoms with Gasteiger partial charge in [-0.2, -0.15) is 18.2 Å². The average Bonchev–Trinajstić information content (AvgIpc) is 2.85. The predicted molar refractivity (Wildman–Crippen MR) is 64.2 cm³/mol. The minimum Gasteiger partial charge on any atom is -0.338 e. The van der Waals surface area contributed by atoms with Crippen molar-refractivity contribution in [2.75, 3.05) is 0 Å². The summed E-state index contributed by atoms with van der Waals surface area (Å²) in [5.41, 5.74) is 0.180. The number of aromatic nitrogens is 2. The van der Waals surface area contributed by atoms with Crippen molar-refractivity contribution in [2.45, 2.75) is 19.0 Å². The van der Waals surface area contributed by atoms with Crippen molar-refractivity contribution in [2.24, 2.45) is 0 Å². The van der Waals surface area contributed by atoms with Gasteiger partial charge in [-0.25, -0.2) is 4.39 Å². The Hall–Kier alpha value is -1.96. The van der Waals surface area contributed by atoms with E-state index in [1.165, 1.54) is 6.07 Å². The first-order chi connectivity index (χ1) is 9.70. The number of benzene rings is 1. The fraction of sp³-hybridized carbons (Fsp3) is 0.250. The molecule has 21 heavy (non-hydrogen) atoms. The van der Waals surface area contributed by atoms with Gasteiger partial charge in [0.25, 0.3) is 0 Å². The molecule has 0 N–H and O–H groups in total. The lowest BCUT2D eigenvalue weighted by Crippen LogP contribution is -2.27. The molecule has 0 saturated heterocycles. The van der Waals surface area contributed by atoms with Gasteiger partial charge in [-0.3, -0.25) is 4.79 Å². The fourth-order valence-electron chi connectivity index (χ4n) is 1.55. The Bertz CT molecular complexity index is 684. The smallest absolute Gasteiger partial charge is 0.338 e. The predicted octanol–water partition coefficient (Wildman–Crippen LogP) is 3.76. The lowest BCUT2D eigenvalue weighted by Gasteiger charge is -2.08. The number of ketones is 1. The molecule has 1 heterocycles. The van der Waals surface area contributed by atoms with Crippen LogP contribution in [-0.4, -0.2) is 22.1 Å². The van der Waals surface area contributed by atoms with Gasteiger partial charge in [-0.1, -0.05) is 16.8 Å². The molecule has 0 amide bonds. The van der Waals surface area contributed by atoms with Gasteiger partial charge in [0.15, 0.2) is 0 Å². The van der Waals surface area contributed by atoms with Gasteiger partial charge < -0.3 is 4.52 Å². The molecule has 2 aromatic rings. The quantitative estimate of drug-likeness (QED) is 0.807. The first kappa shape index (κ1) is 15.4. The third-order valence-corrected chi connectivity index (χ3v) is 2.97. The van der Waals surface area contributed by atoms with Crippen LogP contribution in [0.5, 0.6) is 0 Å². The normalized spacial score (nSPS) is 13.2. The van der Waals surface area contributed by atoms with Crippen LogP contribution in [0.15, 0.2) is 22.7 Å². The van der Waals surface area contributed by atoms with Crippen molar-refractivity contribution in [1.29, 1.82) is 0 Å². The second-order valence-corrected chi connectivity index (χ2v) is 4.57. The van der Waals surface area contributed by atoms with Crippen LogP contribution in [0.25, 0.3) is 11.4 Å². The topological polar surface area (TPSA) is 56.0 Å². The molecule has 1 unspecified atom stereocenters. The highest BCUT2D eigenvalue weighted by atomic mass is 35.5. The van der Waals surface area contributed by atoms with E-state index in [2.05, 4.69) is 14.7 Å². The van der Waals surface area contributed by atoms with E-state index < -0.39 is 29.6 Å². The van der Waals surface area contributed by atoms with Crippen LogP contribution < -0.4 is 0 Å². The summed E-state index contributed by atoms with van der Waals surface area (Å²) < 4.78 is 54.5. The van der Waals surface area contributed by atoms with Gasteiger partial charge in [0.05, 0.1) is 5.02 Å². The number of Topliss-reactive ketones (excluding diaryl/α,β-unsaturated/α-hetero) is 1. The standard InChI is InChI=1S/C12H7ClF4N2O2/c1-5(9(20)12(15,16)17)11-18-10(19-21-11)7-3-2-6(14)4-8(7)13/h2-5H,1H3. The van der Waals surface area contributed by atoms with Crippen molar-refractivity contribution in [3.63, 3.8) is 0 Å². The Balaban J connectivity index is 2.32. The van der Waals surface area contributed by atoms with Gasteiger partial charge in [0, 0.05) is 5.56 Å². The molecule has 0 aliphatic heterocycles. The zero-order chi connectivity index (χ0) is 15.8. The highest BCUT2D eigenvalue weighted by Crippen LogP contribution is 2.30. The maximum absolute atomic E-state index is 12.9. The van der Waals surface area contributed by atoms with E-state index in [0.717, 1.165) is 19.1 Å². The number of halogens is 5. The third kappa shape index (κ3) is 3.21. The second-order valence-electron chi connectivity index (χ2n) is 4.16. The van der Waals surface area contributed by atoms with Crippen LogP contribution in [0.4, 0.5) is 17.6 Å². The number of alkyl halides is 3. The molecule has 0 aliphatic carbocycles. The number of carbonyl (C=O) groups excluding carboxylic acids is 1. The molecule has 0 saturated carbocycles. The molecular weight excluding hydrogens is 316 g/mol. The molecule has 0 bridgehead atoms. The lowest BCUT2D eigenvalue weighted by atomic mass is 10.1. The van der Waals surface area contributed by atoms with E-state index in [0.29, 0.717) is 0 Å². The summed E-state index contributed by atoms with van der Waals surface area (Å²) in [5.74, 6) is -4.84. The minimum absolute atomic E-state index is 0.0304. The van der Waals surface area contributed by atoms with Gasteiger partial charge in [-0.15, -0.1) is 0 Å². The van der Waals surface area contributed by atoms with Crippen LogP contribution >= 0.6 is 11.6 Å². The Morgan fingerprint density at radius 3 is 2.62 bits per heavy atom. The number of nitrogens with zero attached hydrogens (tertiary/aromatic N) is 2. The number of hydrogen-bond acceptors (Lipinski definition) is 4. The highest BCUT2D eigenvalue weighted by molar-refractivity contribution is 6.33. The summed E-state index contributed by atoms with van der Waals surface area (Å²) in [6.07, 6.45) is -5.00. The van der Waals surface area contributed by atoms with E-state index in [1.54, 1.807) is 0 Å². The summed E-state index contributed by atoms with van der Waals surface area (Å²) >= 11 is 5.78. The van der Waals surface area contributed by atoms with Crippen molar-refractivity contribution in [1.82, 2.24) is 10.1 Å². The Labute approximate surface area is 120 Å². The van der Waals surface area contributed by atoms with Crippen molar-refractivity contribution in [3.05, 3.63) is 34.9 Å². The molecule has 0 fully saturated rings. The Morgan fingerprint density at radius 2 is 2.05 bits per heavy atom. The maximum Gasteiger partial charge on any atom is 0.450 e. The summed E-state index contributed by atoms with van der Waals surface area (Å²) in [4.78, 5) is 14.8. The zero-order valence-electron chi connectivity index (χ0n) is 10.4. The van der Waals surface area contributed by atoms with Crippen molar-refractivity contribution >= 4 is 17.4 Å². The van der Waals surface area contributed by atoms with E-state index in [1.807, 2.05) is 0 Å². The second kappa shape index (κ2) is 5.44. The van der Waals surface area contributed by atoms with Crippen LogP contribution in [0.3, 0.4) is 0 Å². The summed E-state index contributed by atoms with van der Waals surface area (Å²) in [7, 11) is 0. The molecule has 1 aromatic carbocycles. The maximum atomic E-state index is 12.9. The van der Waals surface area contributed by atoms with Crippen LogP contribution in [-0.2, 0) is 4.79 Å². The van der Waals surface area contributed by atoms with Crippen LogP contribution in [0, 0.1) is 5.82 Å². The third-order valence-electron chi connectivity index (χ3n) is 2.66. The van der Waals surface area contributed by atoms with E-state index in [4.69, 9.17) is 11.6 Å². The van der Waals surface area contributed by atoms with Crippen LogP contribution in [0.1, 0.15) is 18.7 Å². The number of hydrogen-bond donors (Lipinski definition) is 0. The van der Waals surface area contributed by atoms with Crippen molar-refractivity contribution in [3.8, 4) is 11.4 Å². The molecule has 1 aromatic heterocycles. The highest BCUT2D eigenvalue weighted by Gasteiger charge is 2.44. The molecular formula is C12H7ClF4N2O2. The fourth-order valence-corrected chi connectivity index (χ4v) is 1.80. The largest absolute Gasteiger partial charge is 0.450 e. The van der Waals surface area contributed by atoms with Gasteiger partial charge in [0.1, 0.15) is 11.7 Å². The van der Waals surface area contributed by atoms with E-state index >= 15 is 0 Å². The van der Waals surface area contributed by atoms with Gasteiger partial charge >= 0.3 is 6.18 Å². The molecule has 4 nitrogen and oxygen atoms in total. The summed E-state index contributed by atoms with van der Waals surface area (Å²) in [6.45, 7) is 0.999. The number of carbonyl (C=O) groups is 1. The first-order valence-corrected chi connectivity index (χ1v) is 5.98. The first-order valence-electron chi connectivity index (χ1n) is 5.60. The zero-order valence-corrected chi connectivity index (χ0v) is 11.2. The molecule has 0 spiro atoms. The van der Waals surface area contributed by atoms with Gasteiger partial charge in [0.2, 0.25) is 17.5 Å². The SMILES string of the molecule is CC(C(=O)C(F)(F)F)c1nc(-c2ccc(F)cc2Cl)no1. The molecule has 1 atom stereocenters. The molecule has 0 aliphatic rings. The lowest BCUT2D eigenvalue weighted by molar-refractivity contribution is -0.172. The number of rotatable bonds is 3. The van der Waals surface area contributed by atoms with E-state index in [9.17, 15) is 22.4 Å². The molecule has 9 heteroatoms. The summed E-state index contributed by atoms with van der Waals surface area (Å²) in [5, 5.41) is 3.42. The molecule has 2 rings (SSSR count). The van der Waals surface area contributed by atoms with Gasteiger partial charge in [-0.05, 0) is 25.1 Å². The summed E-state index contributed by atoms with van der Waals surface area (Å²) in [6, 6.07) is 3.33. The Kier molecular flexibility index (Phi) is 3.99. The van der Waals surface area contributed by atoms with E-state index in [-0.39, 0.29) is 16.4 Å². The average molecular weight is 323 g/mol. The van der Waals surface area contributed by atoms with Crippen LogP contribution in [0.2, 0.25) is 5.02 Å². The monoisotopic (exact) mass is 322 g/mol. The Morgan fingerprint density at radius 1 is 1.38 bits per heavy atom. The minimum atomic E-state index is -5.00. The van der Waals surface area contributed by atoms with Crippen molar-refractivity contribution < 1.29 is 26.9 Å². The molecule has 0 radical (unpaired) electrons. The molecule has 112 valence electrons.